The van der Waals surface area contributed by atoms with Gasteiger partial charge in [0.25, 0.3) is 0 Å². The van der Waals surface area contributed by atoms with Crippen molar-refractivity contribution in [2.24, 2.45) is 0 Å². The first kappa shape index (κ1) is 24.7. The SMILES string of the molecule is CC1(C)OB(c2ccc(-c3ccc4c(c3)c3cc(C#N)ccc3n4-c3ccccc3)c3ccccc23)OC1(C)C. The van der Waals surface area contributed by atoms with Crippen LogP contribution in [0.1, 0.15) is 33.3 Å². The highest BCUT2D eigenvalue weighted by molar-refractivity contribution is 6.65. The molecule has 1 aliphatic heterocycles. The van der Waals surface area contributed by atoms with Crippen molar-refractivity contribution in [3.8, 4) is 22.9 Å². The molecule has 0 saturated carbocycles. The van der Waals surface area contributed by atoms with Crippen molar-refractivity contribution in [2.45, 2.75) is 38.9 Å². The molecule has 0 amide bonds. The van der Waals surface area contributed by atoms with Gasteiger partial charge in [-0.15, -0.1) is 0 Å². The van der Waals surface area contributed by atoms with E-state index in [1.807, 2.05) is 18.2 Å². The second kappa shape index (κ2) is 8.82. The standard InChI is InChI=1S/C35H29BN2O2/c1-34(2)35(3,4)40-36(39-34)31-17-16-26(27-12-8-9-13-28(27)31)24-15-19-33-30(21-24)29-20-23(22-37)14-18-32(29)38(33)25-10-6-5-7-11-25/h5-21H,1-4H3. The van der Waals surface area contributed by atoms with Gasteiger partial charge in [0, 0.05) is 16.5 Å². The van der Waals surface area contributed by atoms with Crippen LogP contribution in [-0.2, 0) is 9.31 Å². The van der Waals surface area contributed by atoms with Crippen LogP contribution in [0.5, 0.6) is 0 Å². The summed E-state index contributed by atoms with van der Waals surface area (Å²) in [5.74, 6) is 0. The summed E-state index contributed by atoms with van der Waals surface area (Å²) in [6.45, 7) is 8.34. The van der Waals surface area contributed by atoms with Crippen molar-refractivity contribution in [3.05, 3.63) is 109 Å². The van der Waals surface area contributed by atoms with Crippen LogP contribution in [0.4, 0.5) is 0 Å². The van der Waals surface area contributed by atoms with Gasteiger partial charge in [-0.2, -0.15) is 5.26 Å². The minimum Gasteiger partial charge on any atom is -0.399 e. The maximum atomic E-state index is 9.65. The van der Waals surface area contributed by atoms with Gasteiger partial charge < -0.3 is 13.9 Å². The quantitative estimate of drug-likeness (QED) is 0.224. The van der Waals surface area contributed by atoms with Gasteiger partial charge in [0.05, 0.1) is 33.9 Å². The molecule has 5 aromatic carbocycles. The monoisotopic (exact) mass is 520 g/mol. The normalized spacial score (nSPS) is 16.1. The van der Waals surface area contributed by atoms with Crippen molar-refractivity contribution >= 4 is 45.2 Å². The molecule has 0 radical (unpaired) electrons. The minimum absolute atomic E-state index is 0.405. The topological polar surface area (TPSA) is 47.2 Å². The fourth-order valence-corrected chi connectivity index (χ4v) is 5.87. The maximum Gasteiger partial charge on any atom is 0.495 e. The summed E-state index contributed by atoms with van der Waals surface area (Å²) < 4.78 is 15.1. The van der Waals surface area contributed by atoms with E-state index in [1.165, 1.54) is 0 Å². The van der Waals surface area contributed by atoms with Crippen LogP contribution in [0.15, 0.2) is 103 Å². The summed E-state index contributed by atoms with van der Waals surface area (Å²) in [5.41, 5.74) is 6.44. The summed E-state index contributed by atoms with van der Waals surface area (Å²) >= 11 is 0. The molecule has 1 aliphatic rings. The summed E-state index contributed by atoms with van der Waals surface area (Å²) in [7, 11) is -0.431. The number of nitrogens with zero attached hydrogens (tertiary/aromatic N) is 2. The molecule has 0 N–H and O–H groups in total. The molecule has 0 bridgehead atoms. The van der Waals surface area contributed by atoms with E-state index >= 15 is 0 Å². The molecule has 0 unspecified atom stereocenters. The summed E-state index contributed by atoms with van der Waals surface area (Å²) in [5, 5.41) is 14.1. The molecule has 0 spiro atoms. The van der Waals surface area contributed by atoms with Gasteiger partial charge in [0.1, 0.15) is 0 Å². The molecule has 0 atom stereocenters. The lowest BCUT2D eigenvalue weighted by Crippen LogP contribution is -2.41. The summed E-state index contributed by atoms with van der Waals surface area (Å²) in [4.78, 5) is 0. The molecule has 40 heavy (non-hydrogen) atoms. The van der Waals surface area contributed by atoms with Gasteiger partial charge in [0.2, 0.25) is 0 Å². The van der Waals surface area contributed by atoms with Gasteiger partial charge >= 0.3 is 7.12 Å². The molecular weight excluding hydrogens is 491 g/mol. The lowest BCUT2D eigenvalue weighted by Gasteiger charge is -2.32. The number of hydrogen-bond acceptors (Lipinski definition) is 3. The Kier molecular flexibility index (Phi) is 5.44. The first-order chi connectivity index (χ1) is 19.3. The highest BCUT2D eigenvalue weighted by Gasteiger charge is 2.52. The average Bonchev–Trinajstić information content (AvgIpc) is 3.40. The Balaban J connectivity index is 1.43. The number of aromatic nitrogens is 1. The van der Waals surface area contributed by atoms with Gasteiger partial charge in [-0.1, -0.05) is 60.7 Å². The first-order valence-corrected chi connectivity index (χ1v) is 13.7. The van der Waals surface area contributed by atoms with Gasteiger partial charge in [0.15, 0.2) is 0 Å². The summed E-state index contributed by atoms with van der Waals surface area (Å²) in [6, 6.07) is 38.1. The fourth-order valence-electron chi connectivity index (χ4n) is 5.87. The predicted molar refractivity (Wildman–Crippen MR) is 164 cm³/mol. The van der Waals surface area contributed by atoms with E-state index in [0.717, 1.165) is 54.9 Å². The van der Waals surface area contributed by atoms with Gasteiger partial charge in [-0.3, -0.25) is 0 Å². The van der Waals surface area contributed by atoms with E-state index in [4.69, 9.17) is 9.31 Å². The van der Waals surface area contributed by atoms with E-state index in [2.05, 4.69) is 123 Å². The highest BCUT2D eigenvalue weighted by atomic mass is 16.7. The number of rotatable bonds is 3. The lowest BCUT2D eigenvalue weighted by atomic mass is 9.75. The minimum atomic E-state index is -0.431. The molecule has 194 valence electrons. The zero-order valence-electron chi connectivity index (χ0n) is 23.1. The maximum absolute atomic E-state index is 9.65. The molecule has 2 heterocycles. The molecule has 1 fully saturated rings. The first-order valence-electron chi connectivity index (χ1n) is 13.7. The lowest BCUT2D eigenvalue weighted by molar-refractivity contribution is 0.00578. The largest absolute Gasteiger partial charge is 0.495 e. The zero-order chi connectivity index (χ0) is 27.6. The smallest absolute Gasteiger partial charge is 0.399 e. The van der Waals surface area contributed by atoms with Crippen LogP contribution in [0.25, 0.3) is 49.4 Å². The predicted octanol–water partition coefficient (Wildman–Crippen LogP) is 7.77. The van der Waals surface area contributed by atoms with Crippen LogP contribution in [-0.4, -0.2) is 22.9 Å². The molecule has 4 nitrogen and oxygen atoms in total. The van der Waals surface area contributed by atoms with E-state index in [-0.39, 0.29) is 0 Å². The van der Waals surface area contributed by atoms with Gasteiger partial charge in [-0.25, -0.2) is 0 Å². The van der Waals surface area contributed by atoms with Crippen LogP contribution >= 0.6 is 0 Å². The number of fused-ring (bicyclic) bond motifs is 4. The van der Waals surface area contributed by atoms with E-state index < -0.39 is 18.3 Å². The van der Waals surface area contributed by atoms with E-state index in [1.54, 1.807) is 0 Å². The molecule has 7 rings (SSSR count). The van der Waals surface area contributed by atoms with Crippen LogP contribution in [0, 0.1) is 11.3 Å². The van der Waals surface area contributed by atoms with Gasteiger partial charge in [-0.05, 0) is 97.5 Å². The van der Waals surface area contributed by atoms with E-state index in [9.17, 15) is 5.26 Å². The highest BCUT2D eigenvalue weighted by Crippen LogP contribution is 2.39. The second-order valence-electron chi connectivity index (χ2n) is 11.6. The van der Waals surface area contributed by atoms with Crippen molar-refractivity contribution in [1.82, 2.24) is 4.57 Å². The zero-order valence-corrected chi connectivity index (χ0v) is 23.1. The third kappa shape index (κ3) is 3.68. The van der Waals surface area contributed by atoms with Crippen molar-refractivity contribution in [1.29, 1.82) is 5.26 Å². The number of hydrogen-bond donors (Lipinski definition) is 0. The van der Waals surface area contributed by atoms with Crippen LogP contribution in [0.3, 0.4) is 0 Å². The third-order valence-electron chi connectivity index (χ3n) is 8.68. The Morgan fingerprint density at radius 2 is 1.27 bits per heavy atom. The van der Waals surface area contributed by atoms with E-state index in [0.29, 0.717) is 5.56 Å². The Bertz CT molecular complexity index is 1970. The average molecular weight is 520 g/mol. The Morgan fingerprint density at radius 1 is 0.650 bits per heavy atom. The van der Waals surface area contributed by atoms with Crippen LogP contribution in [0.2, 0.25) is 0 Å². The molecule has 1 saturated heterocycles. The Labute approximate surface area is 234 Å². The molecule has 0 aliphatic carbocycles. The van der Waals surface area contributed by atoms with Crippen molar-refractivity contribution in [2.75, 3.05) is 0 Å². The number of nitriles is 1. The van der Waals surface area contributed by atoms with Crippen molar-refractivity contribution < 1.29 is 9.31 Å². The third-order valence-corrected chi connectivity index (χ3v) is 8.68. The molecule has 5 heteroatoms. The fraction of sp³-hybridized carbons (Fsp3) is 0.171. The molecule has 6 aromatic rings. The number of benzene rings is 5. The Hall–Kier alpha value is -4.37. The van der Waals surface area contributed by atoms with Crippen LogP contribution < -0.4 is 5.46 Å². The molecular formula is C35H29BN2O2. The van der Waals surface area contributed by atoms with Crippen molar-refractivity contribution in [3.63, 3.8) is 0 Å². The second-order valence-corrected chi connectivity index (χ2v) is 11.6. The molecule has 1 aromatic heterocycles. The number of para-hydroxylation sites is 1. The Morgan fingerprint density at radius 3 is 1.98 bits per heavy atom. The summed E-state index contributed by atoms with van der Waals surface area (Å²) in [6.07, 6.45) is 0.